The quantitative estimate of drug-likeness (QED) is 0.719. The Morgan fingerprint density at radius 2 is 2.14 bits per heavy atom. The lowest BCUT2D eigenvalue weighted by Crippen LogP contribution is -2.19. The lowest BCUT2D eigenvalue weighted by Gasteiger charge is -2.22. The number of nitrogens with one attached hydrogen (secondary N) is 1. The standard InChI is InChI=1S/C11H16NOP/c1-14(2,13)11-7-3-6-10-9(11)5-4-8-12-10/h3,6-7,12H,4-5,8H2,1-2H3. The Balaban J connectivity index is 2.56. The lowest BCUT2D eigenvalue weighted by atomic mass is 10.0. The van der Waals surface area contributed by atoms with Gasteiger partial charge in [-0.2, -0.15) is 0 Å². The first-order valence-corrected chi connectivity index (χ1v) is 7.60. The number of rotatable bonds is 1. The van der Waals surface area contributed by atoms with Crippen molar-refractivity contribution in [3.63, 3.8) is 0 Å². The summed E-state index contributed by atoms with van der Waals surface area (Å²) in [5.41, 5.74) is 2.45. The summed E-state index contributed by atoms with van der Waals surface area (Å²) in [7, 11) is -2.12. The van der Waals surface area contributed by atoms with Gasteiger partial charge in [-0.15, -0.1) is 0 Å². The van der Waals surface area contributed by atoms with Crippen molar-refractivity contribution in [2.75, 3.05) is 25.2 Å². The van der Waals surface area contributed by atoms with Crippen LogP contribution in [0.1, 0.15) is 12.0 Å². The molecular formula is C11H16NOP. The fraction of sp³-hybridized carbons (Fsp3) is 0.455. The van der Waals surface area contributed by atoms with Crippen molar-refractivity contribution >= 4 is 18.1 Å². The molecule has 0 bridgehead atoms. The van der Waals surface area contributed by atoms with Crippen LogP contribution in [0, 0.1) is 0 Å². The van der Waals surface area contributed by atoms with E-state index >= 15 is 0 Å². The highest BCUT2D eigenvalue weighted by Crippen LogP contribution is 2.38. The Labute approximate surface area is 85.1 Å². The van der Waals surface area contributed by atoms with Gasteiger partial charge in [-0.25, -0.2) is 0 Å². The van der Waals surface area contributed by atoms with E-state index < -0.39 is 7.14 Å². The van der Waals surface area contributed by atoms with Gasteiger partial charge in [-0.3, -0.25) is 0 Å². The summed E-state index contributed by atoms with van der Waals surface area (Å²) in [6.07, 6.45) is 2.20. The van der Waals surface area contributed by atoms with E-state index in [0.717, 1.165) is 24.7 Å². The van der Waals surface area contributed by atoms with E-state index in [-0.39, 0.29) is 0 Å². The maximum absolute atomic E-state index is 12.1. The highest BCUT2D eigenvalue weighted by molar-refractivity contribution is 7.70. The van der Waals surface area contributed by atoms with Crippen molar-refractivity contribution in [1.82, 2.24) is 0 Å². The van der Waals surface area contributed by atoms with Crippen molar-refractivity contribution in [1.29, 1.82) is 0 Å². The minimum Gasteiger partial charge on any atom is -0.385 e. The summed E-state index contributed by atoms with van der Waals surface area (Å²) in [4.78, 5) is 0. The zero-order chi connectivity index (χ0) is 10.2. The molecule has 2 nitrogen and oxygen atoms in total. The maximum atomic E-state index is 12.1. The van der Waals surface area contributed by atoms with Gasteiger partial charge in [0.15, 0.2) is 0 Å². The molecule has 0 saturated carbocycles. The topological polar surface area (TPSA) is 29.1 Å². The molecule has 0 saturated heterocycles. The van der Waals surface area contributed by atoms with Crippen LogP contribution in [0.5, 0.6) is 0 Å². The molecule has 0 spiro atoms. The fourth-order valence-electron chi connectivity index (χ4n) is 2.00. The summed E-state index contributed by atoms with van der Waals surface area (Å²) in [5.74, 6) is 0. The average Bonchev–Trinajstić information content (AvgIpc) is 2.15. The molecule has 0 amide bonds. The Kier molecular flexibility index (Phi) is 2.40. The molecule has 3 heteroatoms. The zero-order valence-electron chi connectivity index (χ0n) is 8.71. The smallest absolute Gasteiger partial charge is 0.110 e. The first kappa shape index (κ1) is 9.79. The van der Waals surface area contributed by atoms with Gasteiger partial charge in [0.2, 0.25) is 0 Å². The van der Waals surface area contributed by atoms with Crippen LogP contribution in [0.4, 0.5) is 5.69 Å². The maximum Gasteiger partial charge on any atom is 0.110 e. The second-order valence-corrected chi connectivity index (χ2v) is 7.37. The Hall–Kier alpha value is -0.750. The molecule has 1 aliphatic rings. The van der Waals surface area contributed by atoms with Crippen molar-refractivity contribution in [3.8, 4) is 0 Å². The van der Waals surface area contributed by atoms with E-state index in [9.17, 15) is 4.57 Å². The van der Waals surface area contributed by atoms with E-state index in [1.165, 1.54) is 11.3 Å². The molecule has 2 rings (SSSR count). The first-order valence-electron chi connectivity index (χ1n) is 5.00. The fourth-order valence-corrected chi connectivity index (χ4v) is 3.32. The predicted octanol–water partition coefficient (Wildman–Crippen LogP) is 2.29. The van der Waals surface area contributed by atoms with Crippen LogP contribution in [0.15, 0.2) is 18.2 Å². The minimum absolute atomic E-state index is 1.04. The average molecular weight is 209 g/mol. The van der Waals surface area contributed by atoms with Gasteiger partial charge in [0.1, 0.15) is 7.14 Å². The number of fused-ring (bicyclic) bond motifs is 1. The Morgan fingerprint density at radius 3 is 2.86 bits per heavy atom. The third-order valence-corrected chi connectivity index (χ3v) is 4.23. The van der Waals surface area contributed by atoms with E-state index in [2.05, 4.69) is 11.4 Å². The first-order chi connectivity index (χ1) is 6.59. The molecule has 1 N–H and O–H groups in total. The molecule has 76 valence electrons. The molecule has 1 heterocycles. The van der Waals surface area contributed by atoms with Crippen LogP contribution in [-0.4, -0.2) is 19.9 Å². The molecule has 0 aromatic heterocycles. The molecular weight excluding hydrogens is 193 g/mol. The molecule has 1 aromatic rings. The van der Waals surface area contributed by atoms with E-state index in [4.69, 9.17) is 0 Å². The minimum atomic E-state index is -2.12. The van der Waals surface area contributed by atoms with Crippen molar-refractivity contribution in [2.24, 2.45) is 0 Å². The van der Waals surface area contributed by atoms with Gasteiger partial charge in [0, 0.05) is 17.5 Å². The van der Waals surface area contributed by atoms with Gasteiger partial charge in [0.25, 0.3) is 0 Å². The normalized spacial score (nSPS) is 15.9. The molecule has 1 aliphatic heterocycles. The highest BCUT2D eigenvalue weighted by Gasteiger charge is 2.19. The largest absolute Gasteiger partial charge is 0.385 e. The summed E-state index contributed by atoms with van der Waals surface area (Å²) in [6.45, 7) is 4.72. The molecule has 0 radical (unpaired) electrons. The van der Waals surface area contributed by atoms with Crippen LogP contribution in [0.25, 0.3) is 0 Å². The second kappa shape index (κ2) is 3.43. The van der Waals surface area contributed by atoms with Crippen LogP contribution in [-0.2, 0) is 11.0 Å². The zero-order valence-corrected chi connectivity index (χ0v) is 9.60. The SMILES string of the molecule is CP(C)(=O)c1cccc2c1CCCN2. The summed E-state index contributed by atoms with van der Waals surface area (Å²) < 4.78 is 12.1. The van der Waals surface area contributed by atoms with Gasteiger partial charge in [0.05, 0.1) is 0 Å². The van der Waals surface area contributed by atoms with Gasteiger partial charge >= 0.3 is 0 Å². The van der Waals surface area contributed by atoms with Crippen LogP contribution < -0.4 is 10.6 Å². The Morgan fingerprint density at radius 1 is 1.36 bits per heavy atom. The number of hydrogen-bond acceptors (Lipinski definition) is 2. The van der Waals surface area contributed by atoms with E-state index in [0.29, 0.717) is 0 Å². The van der Waals surface area contributed by atoms with E-state index in [1.54, 1.807) is 0 Å². The molecule has 1 aromatic carbocycles. The molecule has 14 heavy (non-hydrogen) atoms. The molecule has 0 aliphatic carbocycles. The molecule has 0 unspecified atom stereocenters. The summed E-state index contributed by atoms with van der Waals surface area (Å²) in [5, 5.41) is 4.41. The highest BCUT2D eigenvalue weighted by atomic mass is 31.2. The second-order valence-electron chi connectivity index (χ2n) is 4.18. The third kappa shape index (κ3) is 1.72. The number of anilines is 1. The monoisotopic (exact) mass is 209 g/mol. The summed E-state index contributed by atoms with van der Waals surface area (Å²) in [6, 6.07) is 6.08. The summed E-state index contributed by atoms with van der Waals surface area (Å²) >= 11 is 0. The number of hydrogen-bond donors (Lipinski definition) is 1. The lowest BCUT2D eigenvalue weighted by molar-refractivity contribution is 0.588. The van der Waals surface area contributed by atoms with Crippen LogP contribution in [0.2, 0.25) is 0 Å². The van der Waals surface area contributed by atoms with Gasteiger partial charge < -0.3 is 9.88 Å². The van der Waals surface area contributed by atoms with Gasteiger partial charge in [-0.1, -0.05) is 12.1 Å². The van der Waals surface area contributed by atoms with Crippen molar-refractivity contribution in [3.05, 3.63) is 23.8 Å². The van der Waals surface area contributed by atoms with Gasteiger partial charge in [-0.05, 0) is 37.8 Å². The number of benzene rings is 1. The van der Waals surface area contributed by atoms with Crippen molar-refractivity contribution in [2.45, 2.75) is 12.8 Å². The van der Waals surface area contributed by atoms with E-state index in [1.807, 2.05) is 25.5 Å². The van der Waals surface area contributed by atoms with Crippen LogP contribution in [0.3, 0.4) is 0 Å². The van der Waals surface area contributed by atoms with Crippen molar-refractivity contribution < 1.29 is 4.57 Å². The molecule has 0 fully saturated rings. The van der Waals surface area contributed by atoms with Crippen LogP contribution >= 0.6 is 7.14 Å². The molecule has 0 atom stereocenters. The Bertz CT molecular complexity index is 394. The third-order valence-electron chi connectivity index (χ3n) is 2.65. The predicted molar refractivity (Wildman–Crippen MR) is 62.3 cm³/mol.